The Morgan fingerprint density at radius 2 is 1.70 bits per heavy atom. The van der Waals surface area contributed by atoms with Crippen molar-refractivity contribution in [1.82, 2.24) is 4.72 Å². The van der Waals surface area contributed by atoms with Gasteiger partial charge in [-0.05, 0) is 26.0 Å². The summed E-state index contributed by atoms with van der Waals surface area (Å²) in [6, 6.07) is 6.18. The van der Waals surface area contributed by atoms with E-state index in [9.17, 15) is 16.8 Å². The summed E-state index contributed by atoms with van der Waals surface area (Å²) in [4.78, 5) is 0.113. The van der Waals surface area contributed by atoms with Crippen LogP contribution in [-0.4, -0.2) is 41.4 Å². The summed E-state index contributed by atoms with van der Waals surface area (Å²) in [5, 5.41) is 2.85. The number of sulfonamides is 1. The van der Waals surface area contributed by atoms with Crippen molar-refractivity contribution in [3.05, 3.63) is 24.3 Å². The number of sulfone groups is 1. The molecule has 0 aromatic heterocycles. The number of hydrogen-bond acceptors (Lipinski definition) is 5. The second kappa shape index (κ2) is 6.55. The molecule has 0 amide bonds. The molecule has 1 aromatic carbocycles. The molecule has 0 bridgehead atoms. The van der Waals surface area contributed by atoms with Gasteiger partial charge in [0.15, 0.2) is 0 Å². The third-order valence-corrected chi connectivity index (χ3v) is 5.02. The molecule has 0 aliphatic rings. The Hall–Kier alpha value is -1.12. The lowest BCUT2D eigenvalue weighted by Crippen LogP contribution is -2.31. The van der Waals surface area contributed by atoms with Crippen LogP contribution in [0.3, 0.4) is 0 Å². The monoisotopic (exact) mass is 320 g/mol. The summed E-state index contributed by atoms with van der Waals surface area (Å²) in [5.41, 5.74) is 0.393. The lowest BCUT2D eigenvalue weighted by molar-refractivity contribution is 0.570. The zero-order valence-corrected chi connectivity index (χ0v) is 13.4. The highest BCUT2D eigenvalue weighted by molar-refractivity contribution is 7.90. The van der Waals surface area contributed by atoms with Gasteiger partial charge in [0.05, 0.1) is 11.4 Å². The first-order chi connectivity index (χ1) is 9.12. The molecule has 0 spiro atoms. The lowest BCUT2D eigenvalue weighted by Gasteiger charge is -2.14. The summed E-state index contributed by atoms with van der Waals surface area (Å²) < 4.78 is 49.0. The van der Waals surface area contributed by atoms with Gasteiger partial charge in [0.2, 0.25) is 10.0 Å². The van der Waals surface area contributed by atoms with Crippen molar-refractivity contribution >= 4 is 25.5 Å². The van der Waals surface area contributed by atoms with Crippen LogP contribution in [0.25, 0.3) is 0 Å². The average Bonchev–Trinajstić information content (AvgIpc) is 2.26. The van der Waals surface area contributed by atoms with Gasteiger partial charge in [-0.15, -0.1) is 0 Å². The molecule has 0 fully saturated rings. The normalized spacial score (nSPS) is 12.6. The van der Waals surface area contributed by atoms with Crippen molar-refractivity contribution in [3.63, 3.8) is 0 Å². The van der Waals surface area contributed by atoms with Crippen LogP contribution in [0.2, 0.25) is 0 Å². The SMILES string of the molecule is CC(C)NS(=O)(=O)c1ccccc1NCCS(C)(=O)=O. The minimum absolute atomic E-state index is 0.0566. The fraction of sp³-hybridized carbons (Fsp3) is 0.500. The molecule has 0 radical (unpaired) electrons. The number of anilines is 1. The molecule has 1 aromatic rings. The van der Waals surface area contributed by atoms with E-state index in [0.717, 1.165) is 6.26 Å². The molecule has 8 heteroatoms. The third-order valence-electron chi connectivity index (χ3n) is 2.36. The van der Waals surface area contributed by atoms with E-state index in [4.69, 9.17) is 0 Å². The Bertz CT molecular complexity index is 652. The zero-order valence-electron chi connectivity index (χ0n) is 11.8. The summed E-state index contributed by atoms with van der Waals surface area (Å²) in [7, 11) is -6.71. The van der Waals surface area contributed by atoms with Gasteiger partial charge < -0.3 is 5.32 Å². The molecular formula is C12H20N2O4S2. The minimum atomic E-state index is -3.62. The van der Waals surface area contributed by atoms with E-state index in [0.29, 0.717) is 5.69 Å². The van der Waals surface area contributed by atoms with Gasteiger partial charge >= 0.3 is 0 Å². The second-order valence-corrected chi connectivity index (χ2v) is 8.77. The van der Waals surface area contributed by atoms with E-state index in [2.05, 4.69) is 10.0 Å². The quantitative estimate of drug-likeness (QED) is 0.776. The van der Waals surface area contributed by atoms with Crippen LogP contribution in [0.5, 0.6) is 0 Å². The number of hydrogen-bond donors (Lipinski definition) is 2. The highest BCUT2D eigenvalue weighted by Crippen LogP contribution is 2.20. The van der Waals surface area contributed by atoms with Crippen molar-refractivity contribution < 1.29 is 16.8 Å². The predicted molar refractivity (Wildman–Crippen MR) is 80.1 cm³/mol. The molecule has 0 atom stereocenters. The van der Waals surface area contributed by atoms with E-state index in [1.165, 1.54) is 6.07 Å². The van der Waals surface area contributed by atoms with Gasteiger partial charge in [0.25, 0.3) is 0 Å². The van der Waals surface area contributed by atoms with Crippen LogP contribution in [0.4, 0.5) is 5.69 Å². The maximum absolute atomic E-state index is 12.2. The molecule has 0 aliphatic heterocycles. The van der Waals surface area contributed by atoms with Crippen LogP contribution in [0.1, 0.15) is 13.8 Å². The third kappa shape index (κ3) is 5.48. The molecule has 0 heterocycles. The summed E-state index contributed by atoms with van der Waals surface area (Å²) in [6.45, 7) is 3.63. The predicted octanol–water partition coefficient (Wildman–Crippen LogP) is 0.830. The van der Waals surface area contributed by atoms with Crippen molar-refractivity contribution in [2.24, 2.45) is 0 Å². The van der Waals surface area contributed by atoms with Gasteiger partial charge in [0, 0.05) is 18.8 Å². The fourth-order valence-corrected chi connectivity index (χ4v) is 3.50. The van der Waals surface area contributed by atoms with Gasteiger partial charge in [-0.3, -0.25) is 0 Å². The smallest absolute Gasteiger partial charge is 0.242 e. The van der Waals surface area contributed by atoms with Crippen LogP contribution >= 0.6 is 0 Å². The first-order valence-electron chi connectivity index (χ1n) is 6.15. The van der Waals surface area contributed by atoms with E-state index in [-0.39, 0.29) is 23.2 Å². The topological polar surface area (TPSA) is 92.3 Å². The summed E-state index contributed by atoms with van der Waals surface area (Å²) in [5.74, 6) is -0.0566. The van der Waals surface area contributed by atoms with Gasteiger partial charge in [0.1, 0.15) is 14.7 Å². The van der Waals surface area contributed by atoms with Crippen LogP contribution in [0, 0.1) is 0 Å². The lowest BCUT2D eigenvalue weighted by atomic mass is 10.3. The first-order valence-corrected chi connectivity index (χ1v) is 9.69. The molecule has 0 saturated heterocycles. The molecule has 0 unspecified atom stereocenters. The van der Waals surface area contributed by atoms with Crippen molar-refractivity contribution in [2.75, 3.05) is 23.9 Å². The fourth-order valence-electron chi connectivity index (χ4n) is 1.59. The average molecular weight is 320 g/mol. The van der Waals surface area contributed by atoms with Gasteiger partial charge in [-0.2, -0.15) is 0 Å². The Balaban J connectivity index is 2.94. The van der Waals surface area contributed by atoms with Crippen LogP contribution in [-0.2, 0) is 19.9 Å². The number of para-hydroxylation sites is 1. The summed E-state index contributed by atoms with van der Waals surface area (Å²) >= 11 is 0. The number of nitrogens with one attached hydrogen (secondary N) is 2. The zero-order chi connectivity index (χ0) is 15.4. The van der Waals surface area contributed by atoms with E-state index < -0.39 is 19.9 Å². The van der Waals surface area contributed by atoms with Crippen molar-refractivity contribution in [3.8, 4) is 0 Å². The van der Waals surface area contributed by atoms with Gasteiger partial charge in [-0.1, -0.05) is 12.1 Å². The maximum atomic E-state index is 12.2. The van der Waals surface area contributed by atoms with Crippen LogP contribution in [0.15, 0.2) is 29.2 Å². The highest BCUT2D eigenvalue weighted by Gasteiger charge is 2.19. The number of benzene rings is 1. The molecule has 2 N–H and O–H groups in total. The van der Waals surface area contributed by atoms with Gasteiger partial charge in [-0.25, -0.2) is 21.6 Å². The van der Waals surface area contributed by atoms with E-state index in [1.54, 1.807) is 32.0 Å². The standard InChI is InChI=1S/C12H20N2O4S2/c1-10(2)14-20(17,18)12-7-5-4-6-11(12)13-8-9-19(3,15)16/h4-7,10,13-14H,8-9H2,1-3H3. The Kier molecular flexibility index (Phi) is 5.55. The van der Waals surface area contributed by atoms with Crippen molar-refractivity contribution in [1.29, 1.82) is 0 Å². The molecule has 20 heavy (non-hydrogen) atoms. The second-order valence-electron chi connectivity index (χ2n) is 4.83. The Morgan fingerprint density at radius 1 is 1.10 bits per heavy atom. The molecule has 0 aliphatic carbocycles. The minimum Gasteiger partial charge on any atom is -0.383 e. The first kappa shape index (κ1) is 16.9. The maximum Gasteiger partial charge on any atom is 0.242 e. The Morgan fingerprint density at radius 3 is 2.25 bits per heavy atom. The largest absolute Gasteiger partial charge is 0.383 e. The van der Waals surface area contributed by atoms with E-state index in [1.807, 2.05) is 0 Å². The molecule has 114 valence electrons. The van der Waals surface area contributed by atoms with Crippen LogP contribution < -0.4 is 10.0 Å². The molecular weight excluding hydrogens is 300 g/mol. The molecule has 6 nitrogen and oxygen atoms in total. The highest BCUT2D eigenvalue weighted by atomic mass is 32.2. The molecule has 0 saturated carbocycles. The molecule has 1 rings (SSSR count). The summed E-state index contributed by atoms with van der Waals surface area (Å²) in [6.07, 6.45) is 1.14. The van der Waals surface area contributed by atoms with Crippen molar-refractivity contribution in [2.45, 2.75) is 24.8 Å². The Labute approximate surface area is 120 Å². The van der Waals surface area contributed by atoms with E-state index >= 15 is 0 Å². The number of rotatable bonds is 7.